The lowest BCUT2D eigenvalue weighted by molar-refractivity contribution is 0.0928. The zero-order valence-electron chi connectivity index (χ0n) is 14.8. The van der Waals surface area contributed by atoms with Gasteiger partial charge in [-0.25, -0.2) is 4.98 Å². The van der Waals surface area contributed by atoms with Gasteiger partial charge in [0.2, 0.25) is 0 Å². The first kappa shape index (κ1) is 19.3. The number of carbonyl (C=O) groups excluding carboxylic acids is 1. The molecule has 27 heavy (non-hydrogen) atoms. The Kier molecular flexibility index (Phi) is 5.74. The van der Waals surface area contributed by atoms with E-state index in [9.17, 15) is 9.90 Å². The molecule has 8 heteroatoms. The smallest absolute Gasteiger partial charge is 0.259 e. The molecular formula is C19H21ClN4O3. The van der Waals surface area contributed by atoms with Crippen LogP contribution >= 0.6 is 12.4 Å². The molecule has 1 saturated heterocycles. The minimum Gasteiger partial charge on any atom is -0.391 e. The molecule has 3 aromatic rings. The van der Waals surface area contributed by atoms with Gasteiger partial charge in [-0.15, -0.1) is 12.4 Å². The van der Waals surface area contributed by atoms with Crippen molar-refractivity contribution in [3.8, 4) is 11.3 Å². The Hall–Kier alpha value is -2.48. The summed E-state index contributed by atoms with van der Waals surface area (Å²) in [4.78, 5) is 17.3. The maximum atomic E-state index is 12.8. The molecule has 1 fully saturated rings. The number of aliphatic hydroxyl groups excluding tert-OH is 1. The van der Waals surface area contributed by atoms with Crippen molar-refractivity contribution in [2.45, 2.75) is 13.0 Å². The van der Waals surface area contributed by atoms with Gasteiger partial charge < -0.3 is 20.3 Å². The number of amides is 1. The molecule has 4 rings (SSSR count). The number of aryl methyl sites for hydroxylation is 1. The largest absolute Gasteiger partial charge is 0.391 e. The number of rotatable bonds is 4. The van der Waals surface area contributed by atoms with Gasteiger partial charge >= 0.3 is 0 Å². The fraction of sp³-hybridized carbons (Fsp3) is 0.316. The molecule has 142 valence electrons. The first-order chi connectivity index (χ1) is 12.6. The predicted molar refractivity (Wildman–Crippen MR) is 104 cm³/mol. The van der Waals surface area contributed by atoms with Crippen LogP contribution < -0.4 is 10.6 Å². The van der Waals surface area contributed by atoms with Crippen LogP contribution in [0.15, 0.2) is 40.9 Å². The van der Waals surface area contributed by atoms with E-state index in [1.165, 1.54) is 0 Å². The van der Waals surface area contributed by atoms with E-state index in [2.05, 4.69) is 20.8 Å². The zero-order valence-corrected chi connectivity index (χ0v) is 15.6. The van der Waals surface area contributed by atoms with Crippen LogP contribution in [0.2, 0.25) is 0 Å². The second-order valence-electron chi connectivity index (χ2n) is 6.56. The van der Waals surface area contributed by atoms with E-state index >= 15 is 0 Å². The average molecular weight is 389 g/mol. The average Bonchev–Trinajstić information content (AvgIpc) is 3.25. The standard InChI is InChI=1S/C19H20N4O3.ClH/c1-11-17-14(18(25)21-9-13-8-20-10-16(13)24)7-15(22-19(17)26-23-11)12-5-3-2-4-6-12;/h2-7,13,16,20,24H,8-10H2,1H3,(H,21,25);1H. The molecule has 1 aliphatic rings. The van der Waals surface area contributed by atoms with E-state index < -0.39 is 6.10 Å². The number of carbonyl (C=O) groups is 1. The van der Waals surface area contributed by atoms with Crippen molar-refractivity contribution >= 4 is 29.4 Å². The van der Waals surface area contributed by atoms with Gasteiger partial charge in [0.1, 0.15) is 0 Å². The summed E-state index contributed by atoms with van der Waals surface area (Å²) in [5.74, 6) is -0.214. The molecule has 0 saturated carbocycles. The first-order valence-electron chi connectivity index (χ1n) is 8.63. The minimum atomic E-state index is -0.440. The van der Waals surface area contributed by atoms with Crippen LogP contribution in [-0.4, -0.2) is 46.9 Å². The molecule has 0 radical (unpaired) electrons. The van der Waals surface area contributed by atoms with Crippen LogP contribution in [0, 0.1) is 12.8 Å². The second-order valence-corrected chi connectivity index (χ2v) is 6.56. The number of hydrogen-bond acceptors (Lipinski definition) is 6. The summed E-state index contributed by atoms with van der Waals surface area (Å²) in [7, 11) is 0. The Morgan fingerprint density at radius 3 is 2.81 bits per heavy atom. The van der Waals surface area contributed by atoms with Gasteiger partial charge in [0.15, 0.2) is 0 Å². The number of nitrogens with one attached hydrogen (secondary N) is 2. The molecule has 0 spiro atoms. The fourth-order valence-corrected chi connectivity index (χ4v) is 3.28. The van der Waals surface area contributed by atoms with E-state index in [0.717, 1.165) is 5.56 Å². The third-order valence-electron chi connectivity index (χ3n) is 4.76. The summed E-state index contributed by atoms with van der Waals surface area (Å²) in [5, 5.41) is 20.5. The van der Waals surface area contributed by atoms with Crippen LogP contribution in [-0.2, 0) is 0 Å². The Morgan fingerprint density at radius 1 is 1.33 bits per heavy atom. The van der Waals surface area contributed by atoms with E-state index in [0.29, 0.717) is 47.7 Å². The highest BCUT2D eigenvalue weighted by Gasteiger charge is 2.26. The van der Waals surface area contributed by atoms with E-state index in [1.807, 2.05) is 30.3 Å². The predicted octanol–water partition coefficient (Wildman–Crippen LogP) is 1.93. The number of aromatic nitrogens is 2. The number of pyridine rings is 1. The normalized spacial score (nSPS) is 19.0. The Bertz CT molecular complexity index is 945. The first-order valence-corrected chi connectivity index (χ1v) is 8.63. The Labute approximate surface area is 162 Å². The van der Waals surface area contributed by atoms with Crippen LogP contribution in [0.5, 0.6) is 0 Å². The molecule has 0 bridgehead atoms. The Morgan fingerprint density at radius 2 is 2.11 bits per heavy atom. The van der Waals surface area contributed by atoms with Gasteiger partial charge in [-0.2, -0.15) is 0 Å². The molecule has 3 heterocycles. The number of halogens is 1. The highest BCUT2D eigenvalue weighted by molar-refractivity contribution is 6.07. The zero-order chi connectivity index (χ0) is 18.1. The van der Waals surface area contributed by atoms with Gasteiger partial charge in [-0.3, -0.25) is 4.79 Å². The maximum Gasteiger partial charge on any atom is 0.259 e. The third-order valence-corrected chi connectivity index (χ3v) is 4.76. The molecule has 1 amide bonds. The van der Waals surface area contributed by atoms with Crippen LogP contribution in [0.4, 0.5) is 0 Å². The number of hydrogen-bond donors (Lipinski definition) is 3. The summed E-state index contributed by atoms with van der Waals surface area (Å²) < 4.78 is 5.31. The molecule has 2 unspecified atom stereocenters. The van der Waals surface area contributed by atoms with Gasteiger partial charge in [-0.05, 0) is 13.0 Å². The second kappa shape index (κ2) is 8.04. The lowest BCUT2D eigenvalue weighted by Crippen LogP contribution is -2.34. The number of aliphatic hydroxyl groups is 1. The molecule has 0 aliphatic carbocycles. The molecular weight excluding hydrogens is 368 g/mol. The molecule has 2 aromatic heterocycles. The van der Waals surface area contributed by atoms with Crippen LogP contribution in [0.3, 0.4) is 0 Å². The maximum absolute atomic E-state index is 12.8. The summed E-state index contributed by atoms with van der Waals surface area (Å²) in [5.41, 5.74) is 3.00. The third kappa shape index (κ3) is 3.80. The molecule has 1 aromatic carbocycles. The van der Waals surface area contributed by atoms with Crippen molar-refractivity contribution in [3.05, 3.63) is 47.7 Å². The fourth-order valence-electron chi connectivity index (χ4n) is 3.28. The summed E-state index contributed by atoms with van der Waals surface area (Å²) in [6.45, 7) is 3.44. The number of benzene rings is 1. The van der Waals surface area contributed by atoms with Crippen molar-refractivity contribution in [1.82, 2.24) is 20.8 Å². The number of fused-ring (bicyclic) bond motifs is 1. The van der Waals surface area contributed by atoms with Crippen LogP contribution in [0.1, 0.15) is 16.1 Å². The summed E-state index contributed by atoms with van der Waals surface area (Å²) >= 11 is 0. The van der Waals surface area contributed by atoms with Crippen molar-refractivity contribution in [2.24, 2.45) is 5.92 Å². The summed E-state index contributed by atoms with van der Waals surface area (Å²) in [6.07, 6.45) is -0.440. The SMILES string of the molecule is Cc1noc2nc(-c3ccccc3)cc(C(=O)NCC3CNCC3O)c12.Cl. The number of nitrogens with zero attached hydrogens (tertiary/aromatic N) is 2. The van der Waals surface area contributed by atoms with Crippen molar-refractivity contribution < 1.29 is 14.4 Å². The van der Waals surface area contributed by atoms with Crippen molar-refractivity contribution in [2.75, 3.05) is 19.6 Å². The van der Waals surface area contributed by atoms with E-state index in [1.54, 1.807) is 13.0 Å². The molecule has 3 N–H and O–H groups in total. The molecule has 7 nitrogen and oxygen atoms in total. The van der Waals surface area contributed by atoms with Crippen molar-refractivity contribution in [1.29, 1.82) is 0 Å². The topological polar surface area (TPSA) is 100 Å². The van der Waals surface area contributed by atoms with Gasteiger partial charge in [0, 0.05) is 31.1 Å². The number of β-amino-alcohol motifs (C(OH)–C–C–N with tert-alkyl or cyclic N) is 1. The Balaban J connectivity index is 0.00000210. The van der Waals surface area contributed by atoms with E-state index in [-0.39, 0.29) is 24.2 Å². The minimum absolute atomic E-state index is 0. The van der Waals surface area contributed by atoms with Crippen molar-refractivity contribution in [3.63, 3.8) is 0 Å². The summed E-state index contributed by atoms with van der Waals surface area (Å²) in [6, 6.07) is 11.4. The highest BCUT2D eigenvalue weighted by Crippen LogP contribution is 2.27. The van der Waals surface area contributed by atoms with Crippen LogP contribution in [0.25, 0.3) is 22.4 Å². The highest BCUT2D eigenvalue weighted by atomic mass is 35.5. The lowest BCUT2D eigenvalue weighted by atomic mass is 10.0. The molecule has 2 atom stereocenters. The van der Waals surface area contributed by atoms with Gasteiger partial charge in [0.25, 0.3) is 11.6 Å². The molecule has 1 aliphatic heterocycles. The monoisotopic (exact) mass is 388 g/mol. The van der Waals surface area contributed by atoms with Gasteiger partial charge in [0.05, 0.1) is 28.4 Å². The lowest BCUT2D eigenvalue weighted by Gasteiger charge is -2.14. The van der Waals surface area contributed by atoms with E-state index in [4.69, 9.17) is 4.52 Å². The van der Waals surface area contributed by atoms with Gasteiger partial charge in [-0.1, -0.05) is 35.5 Å². The quantitative estimate of drug-likeness (QED) is 0.631.